The Hall–Kier alpha value is -1.36. The molecule has 0 amide bonds. The molecule has 3 unspecified atom stereocenters. The quantitative estimate of drug-likeness (QED) is 0.800. The van der Waals surface area contributed by atoms with Crippen molar-refractivity contribution in [1.82, 2.24) is 15.3 Å². The van der Waals surface area contributed by atoms with Crippen molar-refractivity contribution in [3.63, 3.8) is 0 Å². The first-order chi connectivity index (χ1) is 8.69. The first-order valence-electron chi connectivity index (χ1n) is 6.74. The van der Waals surface area contributed by atoms with Gasteiger partial charge >= 0.3 is 0 Å². The molecule has 2 N–H and O–H groups in total. The number of hydrogen-bond donors (Lipinski definition) is 2. The molecule has 18 heavy (non-hydrogen) atoms. The molecule has 0 saturated carbocycles. The number of aromatic nitrogens is 2. The molecule has 5 heteroatoms. The summed E-state index contributed by atoms with van der Waals surface area (Å²) in [5, 5.41) is 3.47. The second-order valence-corrected chi connectivity index (χ2v) is 5.40. The summed E-state index contributed by atoms with van der Waals surface area (Å²) < 4.78 is 0. The predicted molar refractivity (Wildman–Crippen MR) is 70.9 cm³/mol. The first-order valence-corrected chi connectivity index (χ1v) is 6.74. The molecule has 98 valence electrons. The van der Waals surface area contributed by atoms with Crippen molar-refractivity contribution < 1.29 is 0 Å². The zero-order valence-corrected chi connectivity index (χ0v) is 10.9. The lowest BCUT2D eigenvalue weighted by Crippen LogP contribution is -2.36. The molecule has 3 atom stereocenters. The molecular weight excluding hydrogens is 228 g/mol. The number of hydrogen-bond acceptors (Lipinski definition) is 4. The topological polar surface area (TPSA) is 61.0 Å². The van der Waals surface area contributed by atoms with E-state index in [0.717, 1.165) is 31.9 Å². The van der Waals surface area contributed by atoms with E-state index in [1.54, 1.807) is 6.07 Å². The van der Waals surface area contributed by atoms with Crippen LogP contribution in [0, 0.1) is 18.8 Å². The van der Waals surface area contributed by atoms with Gasteiger partial charge in [-0.2, -0.15) is 0 Å². The van der Waals surface area contributed by atoms with Crippen LogP contribution in [0.3, 0.4) is 0 Å². The van der Waals surface area contributed by atoms with Crippen molar-refractivity contribution in [3.8, 4) is 0 Å². The van der Waals surface area contributed by atoms with Crippen molar-refractivity contribution in [2.75, 3.05) is 24.5 Å². The third-order valence-electron chi connectivity index (χ3n) is 4.28. The Morgan fingerprint density at radius 2 is 2.33 bits per heavy atom. The van der Waals surface area contributed by atoms with E-state index in [1.165, 1.54) is 0 Å². The van der Waals surface area contributed by atoms with Crippen LogP contribution in [-0.4, -0.2) is 35.6 Å². The largest absolute Gasteiger partial charge is 0.353 e. The smallest absolute Gasteiger partial charge is 0.252 e. The van der Waals surface area contributed by atoms with E-state index in [-0.39, 0.29) is 5.56 Å². The van der Waals surface area contributed by atoms with Crippen molar-refractivity contribution in [1.29, 1.82) is 0 Å². The maximum atomic E-state index is 11.6. The lowest BCUT2D eigenvalue weighted by molar-refractivity contribution is 0.441. The van der Waals surface area contributed by atoms with Crippen LogP contribution in [0.5, 0.6) is 0 Å². The highest BCUT2D eigenvalue weighted by atomic mass is 16.1. The average molecular weight is 248 g/mol. The monoisotopic (exact) mass is 248 g/mol. The highest BCUT2D eigenvalue weighted by molar-refractivity contribution is 5.41. The van der Waals surface area contributed by atoms with Gasteiger partial charge in [-0.1, -0.05) is 6.92 Å². The minimum absolute atomic E-state index is 0.0532. The molecule has 0 spiro atoms. The number of aryl methyl sites for hydroxylation is 1. The Morgan fingerprint density at radius 1 is 1.50 bits per heavy atom. The van der Waals surface area contributed by atoms with E-state index in [4.69, 9.17) is 0 Å². The Bertz CT molecular complexity index is 498. The SMILES string of the molecule is CCC1C2CNCC2CN1c1cc(=O)[nH]c(C)n1. The maximum Gasteiger partial charge on any atom is 0.252 e. The third kappa shape index (κ3) is 1.82. The zero-order chi connectivity index (χ0) is 12.7. The van der Waals surface area contributed by atoms with Crippen LogP contribution < -0.4 is 15.8 Å². The van der Waals surface area contributed by atoms with Crippen molar-refractivity contribution in [3.05, 3.63) is 22.2 Å². The van der Waals surface area contributed by atoms with Gasteiger partial charge < -0.3 is 15.2 Å². The van der Waals surface area contributed by atoms with E-state index in [1.807, 2.05) is 6.92 Å². The van der Waals surface area contributed by atoms with Crippen LogP contribution in [0.25, 0.3) is 0 Å². The Labute approximate surface area is 107 Å². The number of rotatable bonds is 2. The van der Waals surface area contributed by atoms with E-state index >= 15 is 0 Å². The molecule has 5 nitrogen and oxygen atoms in total. The standard InChI is InChI=1S/C13H20N4O/c1-3-11-10-6-14-5-9(10)7-17(11)12-4-13(18)16-8(2)15-12/h4,9-11,14H,3,5-7H2,1-2H3,(H,15,16,18). The first kappa shape index (κ1) is 11.7. The number of H-pyrrole nitrogens is 1. The van der Waals surface area contributed by atoms with Gasteiger partial charge in [0.15, 0.2) is 0 Å². The Balaban J connectivity index is 1.94. The molecular formula is C13H20N4O. The number of nitrogens with zero attached hydrogens (tertiary/aromatic N) is 2. The van der Waals surface area contributed by atoms with Gasteiger partial charge in [0.2, 0.25) is 0 Å². The van der Waals surface area contributed by atoms with Crippen molar-refractivity contribution in [2.45, 2.75) is 26.3 Å². The second kappa shape index (κ2) is 4.39. The van der Waals surface area contributed by atoms with Gasteiger partial charge in [0.1, 0.15) is 11.6 Å². The lowest BCUT2D eigenvalue weighted by Gasteiger charge is -2.27. The summed E-state index contributed by atoms with van der Waals surface area (Å²) in [4.78, 5) is 21.1. The van der Waals surface area contributed by atoms with Crippen LogP contribution in [0.15, 0.2) is 10.9 Å². The Kier molecular flexibility index (Phi) is 2.86. The molecule has 0 aromatic carbocycles. The molecule has 0 radical (unpaired) electrons. The van der Waals surface area contributed by atoms with Crippen LogP contribution in [0.1, 0.15) is 19.2 Å². The number of fused-ring (bicyclic) bond motifs is 1. The zero-order valence-electron chi connectivity index (χ0n) is 10.9. The molecule has 2 saturated heterocycles. The maximum absolute atomic E-state index is 11.6. The predicted octanol–water partition coefficient (Wildman–Crippen LogP) is 0.513. The average Bonchev–Trinajstić information content (AvgIpc) is 2.86. The van der Waals surface area contributed by atoms with Gasteiger partial charge in [0, 0.05) is 31.7 Å². The molecule has 2 aliphatic heterocycles. The number of anilines is 1. The molecule has 2 fully saturated rings. The second-order valence-electron chi connectivity index (χ2n) is 5.40. The summed E-state index contributed by atoms with van der Waals surface area (Å²) in [7, 11) is 0. The van der Waals surface area contributed by atoms with E-state index < -0.39 is 0 Å². The fourth-order valence-electron chi connectivity index (χ4n) is 3.52. The van der Waals surface area contributed by atoms with Gasteiger partial charge in [-0.3, -0.25) is 4.79 Å². The van der Waals surface area contributed by atoms with Gasteiger partial charge in [-0.05, 0) is 25.2 Å². The van der Waals surface area contributed by atoms with Crippen molar-refractivity contribution in [2.24, 2.45) is 11.8 Å². The summed E-state index contributed by atoms with van der Waals surface area (Å²) >= 11 is 0. The molecule has 2 aliphatic rings. The van der Waals surface area contributed by atoms with E-state index in [0.29, 0.717) is 23.7 Å². The van der Waals surface area contributed by atoms with Gasteiger partial charge in [0.25, 0.3) is 5.56 Å². The summed E-state index contributed by atoms with van der Waals surface area (Å²) in [5.41, 5.74) is -0.0532. The lowest BCUT2D eigenvalue weighted by atomic mass is 9.93. The summed E-state index contributed by atoms with van der Waals surface area (Å²) in [6.07, 6.45) is 1.11. The minimum Gasteiger partial charge on any atom is -0.353 e. The normalized spacial score (nSPS) is 30.8. The number of nitrogens with one attached hydrogen (secondary N) is 2. The Morgan fingerprint density at radius 3 is 3.06 bits per heavy atom. The molecule has 0 aliphatic carbocycles. The molecule has 1 aromatic heterocycles. The molecule has 0 bridgehead atoms. The highest BCUT2D eigenvalue weighted by Gasteiger charge is 2.43. The van der Waals surface area contributed by atoms with E-state index in [2.05, 4.69) is 27.1 Å². The van der Waals surface area contributed by atoms with Crippen LogP contribution >= 0.6 is 0 Å². The van der Waals surface area contributed by atoms with Crippen LogP contribution in [0.4, 0.5) is 5.82 Å². The van der Waals surface area contributed by atoms with Crippen molar-refractivity contribution >= 4 is 5.82 Å². The third-order valence-corrected chi connectivity index (χ3v) is 4.28. The molecule has 3 rings (SSSR count). The fraction of sp³-hybridized carbons (Fsp3) is 0.692. The van der Waals surface area contributed by atoms with Gasteiger partial charge in [-0.15, -0.1) is 0 Å². The number of aromatic amines is 1. The fourth-order valence-corrected chi connectivity index (χ4v) is 3.52. The van der Waals surface area contributed by atoms with Gasteiger partial charge in [-0.25, -0.2) is 4.98 Å². The van der Waals surface area contributed by atoms with Crippen LogP contribution in [-0.2, 0) is 0 Å². The van der Waals surface area contributed by atoms with E-state index in [9.17, 15) is 4.79 Å². The molecule has 1 aromatic rings. The van der Waals surface area contributed by atoms with Gasteiger partial charge in [0.05, 0.1) is 0 Å². The molecule has 3 heterocycles. The minimum atomic E-state index is -0.0532. The highest BCUT2D eigenvalue weighted by Crippen LogP contribution is 2.36. The summed E-state index contributed by atoms with van der Waals surface area (Å²) in [6.45, 7) is 7.27. The van der Waals surface area contributed by atoms with Crippen LogP contribution in [0.2, 0.25) is 0 Å². The summed E-state index contributed by atoms with van der Waals surface area (Å²) in [5.74, 6) is 2.95. The summed E-state index contributed by atoms with van der Waals surface area (Å²) in [6, 6.07) is 2.14.